The zero-order valence-electron chi connectivity index (χ0n) is 7.99. The molecule has 3 nitrogen and oxygen atoms in total. The summed E-state index contributed by atoms with van der Waals surface area (Å²) < 4.78 is 5.59. The smallest absolute Gasteiger partial charge is 0.236 e. The largest absolute Gasteiger partial charge is 0.440 e. The molecule has 0 unspecified atom stereocenters. The first-order chi connectivity index (χ1) is 6.90. The number of rotatable bonds is 4. The second kappa shape index (κ2) is 4.39. The highest BCUT2D eigenvalue weighted by atomic mass is 32.1. The van der Waals surface area contributed by atoms with E-state index < -0.39 is 0 Å². The molecule has 0 saturated carbocycles. The van der Waals surface area contributed by atoms with Gasteiger partial charge in [-0.3, -0.25) is 0 Å². The summed E-state index contributed by atoms with van der Waals surface area (Å²) in [6.07, 6.45) is 2.68. The minimum absolute atomic E-state index is 0.728. The number of nitrogens with zero attached hydrogens (tertiary/aromatic N) is 1. The van der Waals surface area contributed by atoms with Crippen molar-refractivity contribution in [2.24, 2.45) is 0 Å². The van der Waals surface area contributed by atoms with Crippen LogP contribution in [0.2, 0.25) is 0 Å². The van der Waals surface area contributed by atoms with Gasteiger partial charge in [0.15, 0.2) is 0 Å². The molecule has 2 heterocycles. The van der Waals surface area contributed by atoms with Crippen LogP contribution in [-0.4, -0.2) is 18.6 Å². The van der Waals surface area contributed by atoms with Gasteiger partial charge in [-0.2, -0.15) is 0 Å². The van der Waals surface area contributed by atoms with Crippen LogP contribution in [0.4, 0.5) is 0 Å². The van der Waals surface area contributed by atoms with E-state index in [9.17, 15) is 0 Å². The lowest BCUT2D eigenvalue weighted by atomic mass is 10.3. The van der Waals surface area contributed by atoms with Crippen molar-refractivity contribution < 1.29 is 4.42 Å². The maximum Gasteiger partial charge on any atom is 0.236 e. The third-order valence-corrected chi connectivity index (χ3v) is 2.76. The van der Waals surface area contributed by atoms with Crippen molar-refractivity contribution in [1.82, 2.24) is 10.3 Å². The summed E-state index contributed by atoms with van der Waals surface area (Å²) in [5.74, 6) is 1.66. The number of hydrogen-bond donors (Lipinski definition) is 1. The zero-order chi connectivity index (χ0) is 9.80. The van der Waals surface area contributed by atoms with E-state index in [0.717, 1.165) is 29.5 Å². The van der Waals surface area contributed by atoms with Crippen molar-refractivity contribution in [2.45, 2.75) is 6.42 Å². The van der Waals surface area contributed by atoms with E-state index in [2.05, 4.69) is 10.3 Å². The lowest BCUT2D eigenvalue weighted by molar-refractivity contribution is 0.513. The molecular weight excluding hydrogens is 196 g/mol. The standard InChI is InChI=1S/C10H12N2OS/c1-11-5-4-8-7-12-10(13-8)9-3-2-6-14-9/h2-3,6-7,11H,4-5H2,1H3. The van der Waals surface area contributed by atoms with Crippen molar-refractivity contribution in [1.29, 1.82) is 0 Å². The first kappa shape index (κ1) is 9.43. The summed E-state index contributed by atoms with van der Waals surface area (Å²) >= 11 is 1.64. The maximum absolute atomic E-state index is 5.59. The van der Waals surface area contributed by atoms with Crippen molar-refractivity contribution in [3.8, 4) is 10.8 Å². The average molecular weight is 208 g/mol. The Kier molecular flexibility index (Phi) is 2.96. The third kappa shape index (κ3) is 2.02. The molecule has 4 heteroatoms. The fourth-order valence-corrected chi connectivity index (χ4v) is 1.84. The summed E-state index contributed by atoms with van der Waals surface area (Å²) in [5, 5.41) is 5.10. The third-order valence-electron chi connectivity index (χ3n) is 1.91. The summed E-state index contributed by atoms with van der Waals surface area (Å²) in [6.45, 7) is 0.916. The van der Waals surface area contributed by atoms with Gasteiger partial charge in [-0.05, 0) is 18.5 Å². The molecule has 0 bridgehead atoms. The van der Waals surface area contributed by atoms with Crippen LogP contribution in [-0.2, 0) is 6.42 Å². The zero-order valence-corrected chi connectivity index (χ0v) is 8.80. The van der Waals surface area contributed by atoms with Gasteiger partial charge in [-0.25, -0.2) is 4.98 Å². The van der Waals surface area contributed by atoms with Crippen LogP contribution in [0.25, 0.3) is 10.8 Å². The van der Waals surface area contributed by atoms with Crippen LogP contribution >= 0.6 is 11.3 Å². The van der Waals surface area contributed by atoms with Gasteiger partial charge in [0.2, 0.25) is 5.89 Å². The lowest BCUT2D eigenvalue weighted by Crippen LogP contribution is -2.09. The molecule has 0 aromatic carbocycles. The second-order valence-electron chi connectivity index (χ2n) is 2.96. The number of thiophene rings is 1. The van der Waals surface area contributed by atoms with E-state index in [4.69, 9.17) is 4.42 Å². The summed E-state index contributed by atoms with van der Waals surface area (Å²) in [6, 6.07) is 4.01. The minimum atomic E-state index is 0.728. The highest BCUT2D eigenvalue weighted by molar-refractivity contribution is 7.13. The molecule has 74 valence electrons. The first-order valence-corrected chi connectivity index (χ1v) is 5.41. The van der Waals surface area contributed by atoms with Gasteiger partial charge < -0.3 is 9.73 Å². The SMILES string of the molecule is CNCCc1cnc(-c2cccs2)o1. The molecule has 0 amide bonds. The Hall–Kier alpha value is -1.13. The minimum Gasteiger partial charge on any atom is -0.440 e. The number of aromatic nitrogens is 1. The lowest BCUT2D eigenvalue weighted by Gasteiger charge is -1.93. The molecule has 0 aliphatic carbocycles. The Morgan fingerprint density at radius 1 is 1.57 bits per heavy atom. The average Bonchev–Trinajstić information content (AvgIpc) is 2.85. The Labute approximate surface area is 86.8 Å². The Balaban J connectivity index is 2.10. The molecule has 2 aromatic heterocycles. The molecule has 0 saturated heterocycles. The molecule has 0 spiro atoms. The van der Waals surface area contributed by atoms with Gasteiger partial charge in [0.25, 0.3) is 0 Å². The van der Waals surface area contributed by atoms with Crippen LogP contribution in [0.1, 0.15) is 5.76 Å². The van der Waals surface area contributed by atoms with Gasteiger partial charge in [0.1, 0.15) is 5.76 Å². The maximum atomic E-state index is 5.59. The summed E-state index contributed by atoms with van der Waals surface area (Å²) in [4.78, 5) is 5.31. The number of oxazole rings is 1. The molecule has 2 rings (SSSR count). The molecule has 0 fully saturated rings. The normalized spacial score (nSPS) is 10.6. The van der Waals surface area contributed by atoms with Crippen molar-refractivity contribution >= 4 is 11.3 Å². The molecule has 0 atom stereocenters. The van der Waals surface area contributed by atoms with Crippen LogP contribution in [0.5, 0.6) is 0 Å². The van der Waals surface area contributed by atoms with Crippen molar-refractivity contribution in [3.63, 3.8) is 0 Å². The van der Waals surface area contributed by atoms with Crippen LogP contribution in [0.3, 0.4) is 0 Å². The monoisotopic (exact) mass is 208 g/mol. The summed E-state index contributed by atoms with van der Waals surface area (Å²) in [7, 11) is 1.93. The molecule has 0 aliphatic rings. The van der Waals surface area contributed by atoms with Crippen molar-refractivity contribution in [2.75, 3.05) is 13.6 Å². The topological polar surface area (TPSA) is 38.1 Å². The van der Waals surface area contributed by atoms with Crippen LogP contribution < -0.4 is 5.32 Å². The quantitative estimate of drug-likeness (QED) is 0.836. The van der Waals surface area contributed by atoms with E-state index in [1.165, 1.54) is 0 Å². The van der Waals surface area contributed by atoms with E-state index in [1.807, 2.05) is 24.6 Å². The number of nitrogens with one attached hydrogen (secondary N) is 1. The highest BCUT2D eigenvalue weighted by Crippen LogP contribution is 2.23. The number of likely N-dealkylation sites (N-methyl/N-ethyl adjacent to an activating group) is 1. The molecule has 14 heavy (non-hydrogen) atoms. The van der Waals surface area contributed by atoms with Crippen LogP contribution in [0, 0.1) is 0 Å². The van der Waals surface area contributed by atoms with Crippen molar-refractivity contribution in [3.05, 3.63) is 29.5 Å². The van der Waals surface area contributed by atoms with Gasteiger partial charge >= 0.3 is 0 Å². The van der Waals surface area contributed by atoms with E-state index in [0.29, 0.717) is 0 Å². The number of hydrogen-bond acceptors (Lipinski definition) is 4. The van der Waals surface area contributed by atoms with E-state index >= 15 is 0 Å². The van der Waals surface area contributed by atoms with Crippen LogP contribution in [0.15, 0.2) is 28.1 Å². The molecule has 2 aromatic rings. The van der Waals surface area contributed by atoms with Gasteiger partial charge in [0.05, 0.1) is 11.1 Å². The Bertz CT molecular complexity index is 380. The van der Waals surface area contributed by atoms with E-state index in [-0.39, 0.29) is 0 Å². The predicted molar refractivity (Wildman–Crippen MR) is 57.4 cm³/mol. The highest BCUT2D eigenvalue weighted by Gasteiger charge is 2.06. The Morgan fingerprint density at radius 2 is 2.50 bits per heavy atom. The first-order valence-electron chi connectivity index (χ1n) is 4.53. The molecular formula is C10H12N2OS. The second-order valence-corrected chi connectivity index (χ2v) is 3.91. The predicted octanol–water partition coefficient (Wildman–Crippen LogP) is 2.17. The molecule has 0 radical (unpaired) electrons. The van der Waals surface area contributed by atoms with Gasteiger partial charge in [-0.15, -0.1) is 11.3 Å². The van der Waals surface area contributed by atoms with Gasteiger partial charge in [0, 0.05) is 13.0 Å². The fourth-order valence-electron chi connectivity index (χ4n) is 1.19. The molecule has 0 aliphatic heterocycles. The fraction of sp³-hybridized carbons (Fsp3) is 0.300. The molecule has 1 N–H and O–H groups in total. The van der Waals surface area contributed by atoms with Gasteiger partial charge in [-0.1, -0.05) is 6.07 Å². The van der Waals surface area contributed by atoms with E-state index in [1.54, 1.807) is 17.5 Å². The summed E-state index contributed by atoms with van der Waals surface area (Å²) in [5.41, 5.74) is 0. The Morgan fingerprint density at radius 3 is 3.21 bits per heavy atom.